The molecular weight excluding hydrogens is 240 g/mol. The zero-order valence-corrected chi connectivity index (χ0v) is 10.00. The van der Waals surface area contributed by atoms with E-state index in [1.807, 2.05) is 0 Å². The summed E-state index contributed by atoms with van der Waals surface area (Å²) in [6.07, 6.45) is 1.61. The van der Waals surface area contributed by atoms with Gasteiger partial charge in [-0.15, -0.1) is 0 Å². The predicted molar refractivity (Wildman–Crippen MR) is 68.6 cm³/mol. The molecule has 1 rings (SSSR count). The monoisotopic (exact) mass is 254 g/mol. The van der Waals surface area contributed by atoms with E-state index in [-0.39, 0.29) is 6.61 Å². The third-order valence-corrected chi connectivity index (χ3v) is 2.08. The van der Waals surface area contributed by atoms with Crippen molar-refractivity contribution in [3.8, 4) is 0 Å². The molecule has 0 aromatic carbocycles. The number of thiocarbonyl (C=S) groups is 1. The van der Waals surface area contributed by atoms with Crippen molar-refractivity contribution >= 4 is 28.9 Å². The van der Waals surface area contributed by atoms with Crippen LogP contribution in [0.4, 0.5) is 5.82 Å². The average molecular weight is 254 g/mol. The molecule has 0 aliphatic rings. The van der Waals surface area contributed by atoms with Gasteiger partial charge in [0.25, 0.3) is 0 Å². The minimum atomic E-state index is -0.487. The highest BCUT2D eigenvalue weighted by atomic mass is 32.1. The first-order valence-electron chi connectivity index (χ1n) is 4.95. The zero-order valence-electron chi connectivity index (χ0n) is 9.18. The van der Waals surface area contributed by atoms with Crippen molar-refractivity contribution in [2.24, 2.45) is 11.5 Å². The van der Waals surface area contributed by atoms with E-state index in [0.29, 0.717) is 24.0 Å². The van der Waals surface area contributed by atoms with Gasteiger partial charge in [0.2, 0.25) is 5.91 Å². The molecule has 6 nitrogen and oxygen atoms in total. The van der Waals surface area contributed by atoms with Gasteiger partial charge in [0.1, 0.15) is 17.4 Å². The molecule has 17 heavy (non-hydrogen) atoms. The Balaban J connectivity index is 2.34. The first kappa shape index (κ1) is 13.3. The molecule has 0 aliphatic heterocycles. The molecule has 7 heteroatoms. The maximum Gasteiger partial charge on any atom is 0.243 e. The Morgan fingerprint density at radius 3 is 2.94 bits per heavy atom. The van der Waals surface area contributed by atoms with E-state index in [0.717, 1.165) is 5.56 Å². The zero-order chi connectivity index (χ0) is 12.7. The van der Waals surface area contributed by atoms with Crippen molar-refractivity contribution < 1.29 is 9.53 Å². The number of carbonyl (C=O) groups is 1. The van der Waals surface area contributed by atoms with Crippen molar-refractivity contribution in [1.82, 2.24) is 4.98 Å². The third kappa shape index (κ3) is 5.23. The smallest absolute Gasteiger partial charge is 0.243 e. The lowest BCUT2D eigenvalue weighted by atomic mass is 10.2. The number of rotatable bonds is 7. The van der Waals surface area contributed by atoms with Gasteiger partial charge in [-0.1, -0.05) is 12.2 Å². The van der Waals surface area contributed by atoms with E-state index in [1.165, 1.54) is 0 Å². The van der Waals surface area contributed by atoms with Gasteiger partial charge in [-0.3, -0.25) is 4.79 Å². The van der Waals surface area contributed by atoms with Crippen LogP contribution in [0.25, 0.3) is 0 Å². The van der Waals surface area contributed by atoms with Crippen LogP contribution in [0.3, 0.4) is 0 Å². The quantitative estimate of drug-likeness (QED) is 0.453. The summed E-state index contributed by atoms with van der Waals surface area (Å²) in [6, 6.07) is 3.48. The molecular formula is C10H14N4O2S. The number of nitrogens with two attached hydrogens (primary N) is 2. The lowest BCUT2D eigenvalue weighted by Gasteiger charge is -2.06. The molecule has 1 amide bonds. The van der Waals surface area contributed by atoms with Gasteiger partial charge >= 0.3 is 0 Å². The van der Waals surface area contributed by atoms with Crippen LogP contribution in [0.5, 0.6) is 0 Å². The van der Waals surface area contributed by atoms with E-state index in [4.69, 9.17) is 28.4 Å². The van der Waals surface area contributed by atoms with E-state index in [9.17, 15) is 4.79 Å². The predicted octanol–water partition coefficient (Wildman–Crippen LogP) is -0.370. The van der Waals surface area contributed by atoms with Crippen molar-refractivity contribution in [3.63, 3.8) is 0 Å². The second-order valence-corrected chi connectivity index (χ2v) is 3.68. The molecule has 0 saturated carbocycles. The number of amides is 1. The molecule has 5 N–H and O–H groups in total. The van der Waals surface area contributed by atoms with Gasteiger partial charge < -0.3 is 21.5 Å². The number of hydrogen-bond donors (Lipinski definition) is 3. The van der Waals surface area contributed by atoms with E-state index >= 15 is 0 Å². The Morgan fingerprint density at radius 1 is 1.53 bits per heavy atom. The van der Waals surface area contributed by atoms with Gasteiger partial charge in [-0.25, -0.2) is 4.98 Å². The molecule has 0 spiro atoms. The Kier molecular flexibility index (Phi) is 5.31. The number of primary amides is 1. The van der Waals surface area contributed by atoms with E-state index in [2.05, 4.69) is 10.3 Å². The molecule has 92 valence electrons. The van der Waals surface area contributed by atoms with Gasteiger partial charge in [0, 0.05) is 18.3 Å². The minimum Gasteiger partial charge on any atom is -0.389 e. The van der Waals surface area contributed by atoms with Crippen molar-refractivity contribution in [1.29, 1.82) is 0 Å². The number of pyridine rings is 1. The Morgan fingerprint density at radius 2 is 2.29 bits per heavy atom. The summed E-state index contributed by atoms with van der Waals surface area (Å²) in [6.45, 7) is 0.797. The SMILES string of the molecule is NC(=O)COCCNc1cc(C(N)=S)ccn1. The highest BCUT2D eigenvalue weighted by Crippen LogP contribution is 2.05. The fraction of sp³-hybridized carbons (Fsp3) is 0.300. The fourth-order valence-corrected chi connectivity index (χ4v) is 1.23. The molecule has 0 atom stereocenters. The molecule has 0 fully saturated rings. The second-order valence-electron chi connectivity index (χ2n) is 3.24. The molecule has 0 aliphatic carbocycles. The van der Waals surface area contributed by atoms with Crippen LogP contribution in [-0.2, 0) is 9.53 Å². The number of ether oxygens (including phenoxy) is 1. The number of anilines is 1. The molecule has 0 bridgehead atoms. The summed E-state index contributed by atoms with van der Waals surface area (Å²) in [5.74, 6) is 0.163. The normalized spacial score (nSPS) is 9.88. The Hall–Kier alpha value is -1.73. The standard InChI is InChI=1S/C10H14N4O2S/c11-8(15)6-16-4-3-14-9-5-7(10(12)17)1-2-13-9/h1-2,5H,3-4,6H2,(H2,11,15)(H2,12,17)(H,13,14). The first-order chi connectivity index (χ1) is 8.09. The van der Waals surface area contributed by atoms with Gasteiger partial charge in [-0.05, 0) is 12.1 Å². The Bertz CT molecular complexity index is 411. The van der Waals surface area contributed by atoms with Crippen LogP contribution in [-0.4, -0.2) is 35.6 Å². The molecule has 0 saturated heterocycles. The number of carbonyl (C=O) groups excluding carboxylic acids is 1. The van der Waals surface area contributed by atoms with Crippen LogP contribution < -0.4 is 16.8 Å². The van der Waals surface area contributed by atoms with Gasteiger partial charge in [0.05, 0.1) is 6.61 Å². The van der Waals surface area contributed by atoms with Gasteiger partial charge in [-0.2, -0.15) is 0 Å². The molecule has 1 aromatic heterocycles. The van der Waals surface area contributed by atoms with E-state index < -0.39 is 5.91 Å². The number of aromatic nitrogens is 1. The highest BCUT2D eigenvalue weighted by Gasteiger charge is 1.99. The van der Waals surface area contributed by atoms with E-state index in [1.54, 1.807) is 18.3 Å². The molecule has 0 unspecified atom stereocenters. The van der Waals surface area contributed by atoms with Crippen molar-refractivity contribution in [3.05, 3.63) is 23.9 Å². The van der Waals surface area contributed by atoms with Crippen molar-refractivity contribution in [2.45, 2.75) is 0 Å². The summed E-state index contributed by atoms with van der Waals surface area (Å²) in [4.78, 5) is 14.8. The topological polar surface area (TPSA) is 103 Å². The summed E-state index contributed by atoms with van der Waals surface area (Å²) < 4.78 is 4.98. The summed E-state index contributed by atoms with van der Waals surface area (Å²) in [5.41, 5.74) is 11.2. The number of nitrogens with one attached hydrogen (secondary N) is 1. The lowest BCUT2D eigenvalue weighted by molar-refractivity contribution is -0.122. The van der Waals surface area contributed by atoms with Crippen LogP contribution in [0.2, 0.25) is 0 Å². The second kappa shape index (κ2) is 6.77. The fourth-order valence-electron chi connectivity index (χ4n) is 1.10. The number of hydrogen-bond acceptors (Lipinski definition) is 5. The van der Waals surface area contributed by atoms with Crippen LogP contribution in [0.1, 0.15) is 5.56 Å². The number of nitrogens with zero attached hydrogens (tertiary/aromatic N) is 1. The van der Waals surface area contributed by atoms with Crippen LogP contribution in [0, 0.1) is 0 Å². The van der Waals surface area contributed by atoms with Crippen molar-refractivity contribution in [2.75, 3.05) is 25.1 Å². The minimum absolute atomic E-state index is 0.0813. The summed E-state index contributed by atoms with van der Waals surface area (Å²) in [7, 11) is 0. The Labute approximate surface area is 104 Å². The average Bonchev–Trinajstić information content (AvgIpc) is 2.28. The summed E-state index contributed by atoms with van der Waals surface area (Å²) in [5, 5.41) is 3.01. The van der Waals surface area contributed by atoms with Crippen LogP contribution >= 0.6 is 12.2 Å². The largest absolute Gasteiger partial charge is 0.389 e. The molecule has 1 aromatic rings. The molecule has 1 heterocycles. The highest BCUT2D eigenvalue weighted by molar-refractivity contribution is 7.80. The third-order valence-electron chi connectivity index (χ3n) is 1.84. The van der Waals surface area contributed by atoms with Crippen LogP contribution in [0.15, 0.2) is 18.3 Å². The lowest BCUT2D eigenvalue weighted by Crippen LogP contribution is -2.20. The maximum atomic E-state index is 10.4. The summed E-state index contributed by atoms with van der Waals surface area (Å²) >= 11 is 4.85. The molecule has 0 radical (unpaired) electrons. The first-order valence-corrected chi connectivity index (χ1v) is 5.36. The van der Waals surface area contributed by atoms with Gasteiger partial charge in [0.15, 0.2) is 0 Å². The maximum absolute atomic E-state index is 10.4.